The van der Waals surface area contributed by atoms with Gasteiger partial charge in [-0.2, -0.15) is 5.10 Å². The summed E-state index contributed by atoms with van der Waals surface area (Å²) >= 11 is 10.4. The topological polar surface area (TPSA) is 89.3 Å². The van der Waals surface area contributed by atoms with Crippen LogP contribution in [0.25, 0.3) is 0 Å². The number of benzene rings is 1. The highest BCUT2D eigenvalue weighted by Gasteiger charge is 2.24. The summed E-state index contributed by atoms with van der Waals surface area (Å²) in [7, 11) is 2.75. The van der Waals surface area contributed by atoms with Crippen LogP contribution in [-0.2, 0) is 14.3 Å². The largest absolute Gasteiger partial charge is 0.494 e. The fourth-order valence-corrected chi connectivity index (χ4v) is 3.44. The third-order valence-electron chi connectivity index (χ3n) is 2.68. The molecular formula is C14H11BrClN3O4S. The number of thioether (sulfide) groups is 1. The molecule has 0 saturated carbocycles. The first-order chi connectivity index (χ1) is 11.4. The highest BCUT2D eigenvalue weighted by Crippen LogP contribution is 2.33. The van der Waals surface area contributed by atoms with Crippen molar-refractivity contribution in [2.75, 3.05) is 14.2 Å². The number of hydrogen-bond acceptors (Lipinski definition) is 7. The van der Waals surface area contributed by atoms with Crippen molar-refractivity contribution in [2.45, 2.75) is 0 Å². The van der Waals surface area contributed by atoms with Crippen LogP contribution in [0.2, 0.25) is 5.02 Å². The smallest absolute Gasteiger partial charge is 0.331 e. The molecule has 0 aliphatic carbocycles. The van der Waals surface area contributed by atoms with E-state index in [1.807, 2.05) is 0 Å². The van der Waals surface area contributed by atoms with Gasteiger partial charge in [0.05, 0.1) is 34.8 Å². The number of rotatable bonds is 4. The van der Waals surface area contributed by atoms with Crippen LogP contribution < -0.4 is 10.1 Å². The van der Waals surface area contributed by atoms with Gasteiger partial charge in [-0.25, -0.2) is 4.79 Å². The van der Waals surface area contributed by atoms with E-state index in [4.69, 9.17) is 16.3 Å². The van der Waals surface area contributed by atoms with E-state index in [0.717, 1.165) is 17.8 Å². The maximum Gasteiger partial charge on any atom is 0.331 e. The number of halogens is 2. The number of methoxy groups -OCH3 is 2. The lowest BCUT2D eigenvalue weighted by Crippen LogP contribution is -2.19. The fraction of sp³-hybridized carbons (Fsp3) is 0.143. The molecule has 24 heavy (non-hydrogen) atoms. The molecule has 1 aliphatic heterocycles. The molecule has 1 heterocycles. The van der Waals surface area contributed by atoms with Crippen LogP contribution in [0.4, 0.5) is 0 Å². The average molecular weight is 433 g/mol. The third kappa shape index (κ3) is 4.59. The van der Waals surface area contributed by atoms with Crippen molar-refractivity contribution in [2.24, 2.45) is 10.2 Å². The third-order valence-corrected chi connectivity index (χ3v) is 4.45. The summed E-state index contributed by atoms with van der Waals surface area (Å²) in [4.78, 5) is 23.0. The summed E-state index contributed by atoms with van der Waals surface area (Å²) in [5, 5.41) is 11.0. The van der Waals surface area contributed by atoms with Crippen LogP contribution in [-0.4, -0.2) is 37.5 Å². The van der Waals surface area contributed by atoms with Gasteiger partial charge in [0.25, 0.3) is 5.91 Å². The van der Waals surface area contributed by atoms with Crippen molar-refractivity contribution >= 4 is 62.6 Å². The van der Waals surface area contributed by atoms with Crippen LogP contribution in [0.15, 0.2) is 37.8 Å². The second-order valence-electron chi connectivity index (χ2n) is 4.26. The fourth-order valence-electron chi connectivity index (χ4n) is 1.64. The van der Waals surface area contributed by atoms with E-state index >= 15 is 0 Å². The Morgan fingerprint density at radius 2 is 2.17 bits per heavy atom. The van der Waals surface area contributed by atoms with E-state index in [1.54, 1.807) is 12.1 Å². The second kappa shape index (κ2) is 8.32. The number of hydrogen-bond donors (Lipinski definition) is 1. The SMILES string of the molecule is COC(=O)/C=C1/S/C(=N\N=Cc2cc(Cl)c(OC)c(Br)c2)NC1=O. The zero-order chi connectivity index (χ0) is 17.7. The Kier molecular flexibility index (Phi) is 6.41. The molecule has 1 aromatic rings. The standard InChI is InChI=1S/C14H11BrClN3O4S/c1-22-11(20)5-10-13(21)18-14(24-10)19-17-6-7-3-8(15)12(23-2)9(16)4-7/h3-6H,1-2H3,(H,18,19,21)/b10-5+,17-6?. The Morgan fingerprint density at radius 3 is 2.79 bits per heavy atom. The van der Waals surface area contributed by atoms with Crippen molar-refractivity contribution in [1.29, 1.82) is 0 Å². The first-order valence-electron chi connectivity index (χ1n) is 6.37. The maximum atomic E-state index is 11.7. The number of carbonyl (C=O) groups excluding carboxylic acids is 2. The Hall–Kier alpha value is -1.84. The minimum Gasteiger partial charge on any atom is -0.494 e. The zero-order valence-corrected chi connectivity index (χ0v) is 15.7. The average Bonchev–Trinajstić information content (AvgIpc) is 2.87. The summed E-state index contributed by atoms with van der Waals surface area (Å²) < 4.78 is 10.3. The number of nitrogens with zero attached hydrogens (tertiary/aromatic N) is 2. The normalized spacial score (nSPS) is 17.6. The first kappa shape index (κ1) is 18.5. The molecule has 1 fully saturated rings. The van der Waals surface area contributed by atoms with E-state index in [9.17, 15) is 9.59 Å². The van der Waals surface area contributed by atoms with Crippen LogP contribution in [0.3, 0.4) is 0 Å². The van der Waals surface area contributed by atoms with Crippen molar-refractivity contribution in [3.63, 3.8) is 0 Å². The summed E-state index contributed by atoms with van der Waals surface area (Å²) in [5.41, 5.74) is 0.691. The van der Waals surface area contributed by atoms with Crippen molar-refractivity contribution in [1.82, 2.24) is 5.32 Å². The minimum atomic E-state index is -0.616. The van der Waals surface area contributed by atoms with Crippen molar-refractivity contribution in [3.05, 3.63) is 38.2 Å². The Bertz CT molecular complexity index is 756. The second-order valence-corrected chi connectivity index (χ2v) is 6.55. The predicted molar refractivity (Wildman–Crippen MR) is 96.6 cm³/mol. The summed E-state index contributed by atoms with van der Waals surface area (Å²) in [6.45, 7) is 0. The van der Waals surface area contributed by atoms with Gasteiger partial charge in [-0.3, -0.25) is 10.1 Å². The van der Waals surface area contributed by atoms with E-state index in [-0.39, 0.29) is 10.1 Å². The van der Waals surface area contributed by atoms with Crippen LogP contribution in [0.1, 0.15) is 5.56 Å². The number of carbonyl (C=O) groups is 2. The highest BCUT2D eigenvalue weighted by molar-refractivity contribution is 9.10. The van der Waals surface area contributed by atoms with Crippen LogP contribution in [0, 0.1) is 0 Å². The molecule has 0 atom stereocenters. The number of ether oxygens (including phenoxy) is 2. The van der Waals surface area contributed by atoms with E-state index in [1.165, 1.54) is 20.4 Å². The van der Waals surface area contributed by atoms with Crippen LogP contribution in [0.5, 0.6) is 5.75 Å². The molecule has 1 N–H and O–H groups in total. The van der Waals surface area contributed by atoms with Gasteiger partial charge in [0.2, 0.25) is 0 Å². The number of amidine groups is 1. The molecule has 1 aliphatic rings. The molecule has 10 heteroatoms. The molecule has 0 bridgehead atoms. The summed E-state index contributed by atoms with van der Waals surface area (Å²) in [5.74, 6) is -0.527. The first-order valence-corrected chi connectivity index (χ1v) is 8.36. The molecule has 7 nitrogen and oxygen atoms in total. The molecule has 0 unspecified atom stereocenters. The van der Waals surface area contributed by atoms with Gasteiger partial charge in [0.1, 0.15) is 0 Å². The molecule has 1 amide bonds. The lowest BCUT2D eigenvalue weighted by atomic mass is 10.2. The Morgan fingerprint density at radius 1 is 1.42 bits per heavy atom. The lowest BCUT2D eigenvalue weighted by molar-refractivity contribution is -0.135. The van der Waals surface area contributed by atoms with E-state index in [2.05, 4.69) is 36.2 Å². The van der Waals surface area contributed by atoms with Crippen molar-refractivity contribution in [3.8, 4) is 5.75 Å². The van der Waals surface area contributed by atoms with Gasteiger partial charge in [0.15, 0.2) is 10.9 Å². The Balaban J connectivity index is 2.12. The minimum absolute atomic E-state index is 0.186. The van der Waals surface area contributed by atoms with E-state index < -0.39 is 11.9 Å². The number of esters is 1. The highest BCUT2D eigenvalue weighted by atomic mass is 79.9. The predicted octanol–water partition coefficient (Wildman–Crippen LogP) is 2.72. The Labute approximate surface area is 155 Å². The van der Waals surface area contributed by atoms with Gasteiger partial charge < -0.3 is 9.47 Å². The molecule has 0 spiro atoms. The maximum absolute atomic E-state index is 11.7. The molecule has 2 rings (SSSR count). The summed E-state index contributed by atoms with van der Waals surface area (Å²) in [6, 6.07) is 3.43. The molecular weight excluding hydrogens is 422 g/mol. The van der Waals surface area contributed by atoms with Gasteiger partial charge in [-0.1, -0.05) is 11.6 Å². The monoisotopic (exact) mass is 431 g/mol. The molecule has 1 aromatic carbocycles. The van der Waals surface area contributed by atoms with Gasteiger partial charge in [-0.05, 0) is 45.4 Å². The number of nitrogens with one attached hydrogen (secondary N) is 1. The van der Waals surface area contributed by atoms with Gasteiger partial charge in [0, 0.05) is 6.08 Å². The van der Waals surface area contributed by atoms with Crippen molar-refractivity contribution < 1.29 is 19.1 Å². The summed E-state index contributed by atoms with van der Waals surface area (Å²) in [6.07, 6.45) is 2.56. The number of amides is 1. The molecule has 0 radical (unpaired) electrons. The van der Waals surface area contributed by atoms with Gasteiger partial charge >= 0.3 is 5.97 Å². The molecule has 126 valence electrons. The quantitative estimate of drug-likeness (QED) is 0.342. The van der Waals surface area contributed by atoms with E-state index in [0.29, 0.717) is 20.8 Å². The van der Waals surface area contributed by atoms with Crippen LogP contribution >= 0.6 is 39.3 Å². The lowest BCUT2D eigenvalue weighted by Gasteiger charge is -2.06. The molecule has 0 aromatic heterocycles. The molecule has 1 saturated heterocycles. The zero-order valence-electron chi connectivity index (χ0n) is 12.5. The van der Waals surface area contributed by atoms with Gasteiger partial charge in [-0.15, -0.1) is 5.10 Å².